The molecule has 8 nitrogen and oxygen atoms in total. The number of hydrogen-bond acceptors (Lipinski definition) is 5. The minimum absolute atomic E-state index is 0.0987. The maximum atomic E-state index is 12.3. The molecule has 2 aromatic rings. The highest BCUT2D eigenvalue weighted by atomic mass is 16.2. The Hall–Kier alpha value is -2.25. The van der Waals surface area contributed by atoms with Crippen molar-refractivity contribution in [2.45, 2.75) is 19.8 Å². The number of hydrogen-bond donors (Lipinski definition) is 1. The third-order valence-corrected chi connectivity index (χ3v) is 3.27. The highest BCUT2D eigenvalue weighted by molar-refractivity contribution is 5.90. The smallest absolute Gasteiger partial charge is 0.291 e. The Morgan fingerprint density at radius 3 is 2.95 bits per heavy atom. The van der Waals surface area contributed by atoms with Crippen LogP contribution in [-0.4, -0.2) is 53.8 Å². The number of piperidine rings is 1. The average Bonchev–Trinajstić information content (AvgIpc) is 3.08. The van der Waals surface area contributed by atoms with E-state index in [1.54, 1.807) is 4.57 Å². The van der Waals surface area contributed by atoms with Gasteiger partial charge in [-0.2, -0.15) is 4.98 Å². The topological polar surface area (TPSA) is 92.6 Å². The number of aromatic amines is 1. The fourth-order valence-corrected chi connectivity index (χ4v) is 2.29. The molecule has 0 spiro atoms. The van der Waals surface area contributed by atoms with E-state index >= 15 is 0 Å². The first-order valence-corrected chi connectivity index (χ1v) is 6.30. The number of carbonyl (C=O) groups excluding carboxylic acids is 1. The van der Waals surface area contributed by atoms with Crippen molar-refractivity contribution in [1.29, 1.82) is 0 Å². The molecule has 1 atom stereocenters. The van der Waals surface area contributed by atoms with Crippen molar-refractivity contribution in [3.05, 3.63) is 18.5 Å². The molecule has 0 radical (unpaired) electrons. The maximum absolute atomic E-state index is 12.3. The van der Waals surface area contributed by atoms with Gasteiger partial charge in [0.2, 0.25) is 5.82 Å². The summed E-state index contributed by atoms with van der Waals surface area (Å²) in [6, 6.07) is 0. The van der Waals surface area contributed by atoms with E-state index in [0.717, 1.165) is 19.5 Å². The molecule has 0 unspecified atom stereocenters. The van der Waals surface area contributed by atoms with Crippen LogP contribution in [0.3, 0.4) is 0 Å². The minimum atomic E-state index is -0.0987. The Balaban J connectivity index is 1.77. The monoisotopic (exact) mass is 261 g/mol. The molecule has 1 N–H and O–H groups in total. The lowest BCUT2D eigenvalue weighted by Crippen LogP contribution is -2.39. The van der Waals surface area contributed by atoms with Crippen LogP contribution in [0.15, 0.2) is 12.7 Å². The van der Waals surface area contributed by atoms with Crippen LogP contribution in [0.5, 0.6) is 0 Å². The van der Waals surface area contributed by atoms with Gasteiger partial charge in [0.1, 0.15) is 12.7 Å². The minimum Gasteiger partial charge on any atom is -0.336 e. The maximum Gasteiger partial charge on any atom is 0.291 e. The number of nitrogens with one attached hydrogen (secondary N) is 1. The van der Waals surface area contributed by atoms with Gasteiger partial charge in [-0.15, -0.1) is 15.3 Å². The van der Waals surface area contributed by atoms with Crippen LogP contribution < -0.4 is 0 Å². The molecule has 3 rings (SSSR count). The summed E-state index contributed by atoms with van der Waals surface area (Å²) < 4.78 is 1.55. The van der Waals surface area contributed by atoms with E-state index in [2.05, 4.69) is 32.3 Å². The van der Waals surface area contributed by atoms with Crippen molar-refractivity contribution >= 4 is 5.91 Å². The van der Waals surface area contributed by atoms with E-state index in [1.807, 2.05) is 4.90 Å². The zero-order chi connectivity index (χ0) is 13.2. The molecule has 0 bridgehead atoms. The summed E-state index contributed by atoms with van der Waals surface area (Å²) in [5, 5.41) is 14.0. The summed E-state index contributed by atoms with van der Waals surface area (Å²) in [6.45, 7) is 3.72. The van der Waals surface area contributed by atoms with Gasteiger partial charge in [0, 0.05) is 13.1 Å². The number of rotatable bonds is 2. The van der Waals surface area contributed by atoms with Gasteiger partial charge < -0.3 is 4.90 Å². The van der Waals surface area contributed by atoms with E-state index in [4.69, 9.17) is 0 Å². The van der Waals surface area contributed by atoms with Crippen molar-refractivity contribution in [2.75, 3.05) is 13.1 Å². The molecule has 0 aromatic carbocycles. The summed E-state index contributed by atoms with van der Waals surface area (Å²) in [7, 11) is 0. The Kier molecular flexibility index (Phi) is 2.98. The standard InChI is InChI=1S/C11H15N7O/c1-8-3-2-4-17(5-8)10(19)9-14-11(16-15-9)18-6-12-13-7-18/h6-8H,2-5H2,1H3,(H,14,15,16)/t8-/m0/s1. The summed E-state index contributed by atoms with van der Waals surface area (Å²) >= 11 is 0. The zero-order valence-electron chi connectivity index (χ0n) is 10.7. The van der Waals surface area contributed by atoms with Gasteiger partial charge in [-0.05, 0) is 18.8 Å². The molecule has 1 amide bonds. The molecule has 1 fully saturated rings. The Bertz CT molecular complexity index is 561. The number of H-pyrrole nitrogens is 1. The van der Waals surface area contributed by atoms with E-state index in [9.17, 15) is 4.79 Å². The third kappa shape index (κ3) is 2.33. The first-order valence-electron chi connectivity index (χ1n) is 6.30. The number of amides is 1. The number of likely N-dealkylation sites (tertiary alicyclic amines) is 1. The molecule has 0 aliphatic carbocycles. The molecule has 100 valence electrons. The fourth-order valence-electron chi connectivity index (χ4n) is 2.29. The summed E-state index contributed by atoms with van der Waals surface area (Å²) in [4.78, 5) is 18.3. The van der Waals surface area contributed by atoms with Gasteiger partial charge in [0.25, 0.3) is 11.9 Å². The van der Waals surface area contributed by atoms with Gasteiger partial charge in [0.15, 0.2) is 0 Å². The SMILES string of the molecule is C[C@H]1CCCN(C(=O)c2nc(-n3cnnc3)n[nH]2)C1. The largest absolute Gasteiger partial charge is 0.336 e. The number of aromatic nitrogens is 6. The molecule has 1 aliphatic rings. The second kappa shape index (κ2) is 4.79. The molecule has 8 heteroatoms. The van der Waals surface area contributed by atoms with E-state index in [1.165, 1.54) is 19.1 Å². The van der Waals surface area contributed by atoms with Crippen LogP contribution in [0.1, 0.15) is 30.4 Å². The molecular formula is C11H15N7O. The zero-order valence-corrected chi connectivity index (χ0v) is 10.7. The van der Waals surface area contributed by atoms with E-state index < -0.39 is 0 Å². The van der Waals surface area contributed by atoms with Crippen LogP contribution in [-0.2, 0) is 0 Å². The lowest BCUT2D eigenvalue weighted by atomic mass is 10.0. The van der Waals surface area contributed by atoms with E-state index in [-0.39, 0.29) is 11.7 Å². The predicted octanol–water partition coefficient (Wildman–Crippen LogP) is 0.257. The summed E-state index contributed by atoms with van der Waals surface area (Å²) in [5.74, 6) is 1.08. The van der Waals surface area contributed by atoms with Crippen molar-refractivity contribution in [2.24, 2.45) is 5.92 Å². The van der Waals surface area contributed by atoms with Crippen LogP contribution >= 0.6 is 0 Å². The molecular weight excluding hydrogens is 246 g/mol. The average molecular weight is 261 g/mol. The summed E-state index contributed by atoms with van der Waals surface area (Å²) in [6.07, 6.45) is 5.19. The first kappa shape index (κ1) is 11.8. The van der Waals surface area contributed by atoms with Crippen LogP contribution in [0.2, 0.25) is 0 Å². The summed E-state index contributed by atoms with van der Waals surface area (Å²) in [5.41, 5.74) is 0. The first-order chi connectivity index (χ1) is 9.24. The normalized spacial score (nSPS) is 19.6. The Morgan fingerprint density at radius 2 is 2.21 bits per heavy atom. The second-order valence-electron chi connectivity index (χ2n) is 4.85. The highest BCUT2D eigenvalue weighted by Gasteiger charge is 2.24. The predicted molar refractivity (Wildman–Crippen MR) is 65.6 cm³/mol. The molecule has 1 aliphatic heterocycles. The molecule has 1 saturated heterocycles. The van der Waals surface area contributed by atoms with Gasteiger partial charge in [-0.25, -0.2) is 0 Å². The molecule has 3 heterocycles. The van der Waals surface area contributed by atoms with Gasteiger partial charge >= 0.3 is 0 Å². The van der Waals surface area contributed by atoms with Crippen molar-refractivity contribution in [3.8, 4) is 5.95 Å². The van der Waals surface area contributed by atoms with Crippen LogP contribution in [0.4, 0.5) is 0 Å². The van der Waals surface area contributed by atoms with Crippen LogP contribution in [0.25, 0.3) is 5.95 Å². The Labute approximate surface area is 109 Å². The number of carbonyl (C=O) groups is 1. The number of nitrogens with zero attached hydrogens (tertiary/aromatic N) is 6. The fraction of sp³-hybridized carbons (Fsp3) is 0.545. The van der Waals surface area contributed by atoms with Gasteiger partial charge in [0.05, 0.1) is 0 Å². The van der Waals surface area contributed by atoms with Gasteiger partial charge in [-0.1, -0.05) is 6.92 Å². The molecule has 2 aromatic heterocycles. The van der Waals surface area contributed by atoms with Crippen molar-refractivity contribution in [1.82, 2.24) is 34.8 Å². The highest BCUT2D eigenvalue weighted by Crippen LogP contribution is 2.16. The molecule has 0 saturated carbocycles. The lowest BCUT2D eigenvalue weighted by Gasteiger charge is -2.30. The van der Waals surface area contributed by atoms with Gasteiger partial charge in [-0.3, -0.25) is 14.5 Å². The quantitative estimate of drug-likeness (QED) is 0.837. The Morgan fingerprint density at radius 1 is 1.42 bits per heavy atom. The lowest BCUT2D eigenvalue weighted by molar-refractivity contribution is 0.0671. The van der Waals surface area contributed by atoms with E-state index in [0.29, 0.717) is 11.9 Å². The van der Waals surface area contributed by atoms with Crippen molar-refractivity contribution in [3.63, 3.8) is 0 Å². The third-order valence-electron chi connectivity index (χ3n) is 3.27. The molecule has 19 heavy (non-hydrogen) atoms. The van der Waals surface area contributed by atoms with Crippen molar-refractivity contribution < 1.29 is 4.79 Å². The second-order valence-corrected chi connectivity index (χ2v) is 4.85. The van der Waals surface area contributed by atoms with Crippen LogP contribution in [0, 0.1) is 5.92 Å².